The second kappa shape index (κ2) is 9.26. The van der Waals surface area contributed by atoms with E-state index in [4.69, 9.17) is 0 Å². The number of benzene rings is 2. The number of aryl methyl sites for hydroxylation is 1. The van der Waals surface area contributed by atoms with E-state index in [1.165, 1.54) is 24.3 Å². The van der Waals surface area contributed by atoms with Crippen LogP contribution < -0.4 is 16.2 Å². The zero-order valence-corrected chi connectivity index (χ0v) is 16.2. The molecule has 0 saturated heterocycles. The van der Waals surface area contributed by atoms with E-state index in [0.717, 1.165) is 11.9 Å². The van der Waals surface area contributed by atoms with Crippen LogP contribution in [0.1, 0.15) is 11.1 Å². The molecule has 1 aromatic heterocycles. The molecular weight excluding hydrogens is 406 g/mol. The lowest BCUT2D eigenvalue weighted by molar-refractivity contribution is -0.384. The van der Waals surface area contributed by atoms with Gasteiger partial charge in [-0.2, -0.15) is 0 Å². The first-order valence-corrected chi connectivity index (χ1v) is 8.95. The maximum Gasteiger partial charge on any atom is 0.355 e. The van der Waals surface area contributed by atoms with Crippen LogP contribution in [-0.4, -0.2) is 25.7 Å². The number of hydrogen-bond acceptors (Lipinski definition) is 9. The number of amides is 1. The summed E-state index contributed by atoms with van der Waals surface area (Å²) in [6.45, 7) is 1.84. The van der Waals surface area contributed by atoms with Crippen molar-refractivity contribution in [3.63, 3.8) is 0 Å². The third-order valence-corrected chi connectivity index (χ3v) is 4.24. The van der Waals surface area contributed by atoms with Gasteiger partial charge in [-0.15, -0.1) is 0 Å². The lowest BCUT2D eigenvalue weighted by atomic mass is 10.1. The van der Waals surface area contributed by atoms with Crippen molar-refractivity contribution in [2.24, 2.45) is 0 Å². The fraction of sp³-hybridized carbons (Fsp3) is 0.105. The second-order valence-electron chi connectivity index (χ2n) is 6.39. The first kappa shape index (κ1) is 21.1. The molecular formula is C19H17N7O5. The number of rotatable bonds is 8. The Kier molecular flexibility index (Phi) is 6.30. The first-order valence-electron chi connectivity index (χ1n) is 8.95. The molecule has 3 aromatic rings. The Morgan fingerprint density at radius 3 is 2.29 bits per heavy atom. The minimum atomic E-state index is -0.661. The fourth-order valence-electron chi connectivity index (χ4n) is 2.67. The van der Waals surface area contributed by atoms with Crippen LogP contribution in [0.15, 0.2) is 54.9 Å². The summed E-state index contributed by atoms with van der Waals surface area (Å²) in [6, 6.07) is 12.7. The van der Waals surface area contributed by atoms with Crippen LogP contribution in [0, 0.1) is 27.2 Å². The molecule has 0 spiro atoms. The number of carbonyl (C=O) groups excluding carboxylic acids is 1. The first-order chi connectivity index (χ1) is 14.8. The van der Waals surface area contributed by atoms with Crippen molar-refractivity contribution in [3.05, 3.63) is 86.2 Å². The van der Waals surface area contributed by atoms with Crippen molar-refractivity contribution in [3.8, 4) is 0 Å². The van der Waals surface area contributed by atoms with E-state index in [1.54, 1.807) is 12.1 Å². The summed E-state index contributed by atoms with van der Waals surface area (Å²) in [4.78, 5) is 41.1. The van der Waals surface area contributed by atoms with Crippen LogP contribution in [0.25, 0.3) is 0 Å². The third kappa shape index (κ3) is 5.26. The van der Waals surface area contributed by atoms with Crippen molar-refractivity contribution in [2.75, 3.05) is 10.7 Å². The molecule has 0 saturated carbocycles. The maximum absolute atomic E-state index is 12.2. The zero-order valence-electron chi connectivity index (χ0n) is 16.2. The van der Waals surface area contributed by atoms with Gasteiger partial charge in [-0.3, -0.25) is 35.9 Å². The zero-order chi connectivity index (χ0) is 22.4. The SMILES string of the molecule is Cc1ccccc1Nc1ncnc(NNC(=O)Cc2ccc([N+](=O)[O-])cc2)c1[N+](=O)[O-]. The summed E-state index contributed by atoms with van der Waals surface area (Å²) in [5, 5.41) is 25.2. The number of nitrogens with one attached hydrogen (secondary N) is 3. The Bertz CT molecular complexity index is 1130. The smallest absolute Gasteiger partial charge is 0.334 e. The van der Waals surface area contributed by atoms with Gasteiger partial charge < -0.3 is 5.32 Å². The minimum Gasteiger partial charge on any atom is -0.334 e. The summed E-state index contributed by atoms with van der Waals surface area (Å²) in [5.74, 6) is -0.760. The van der Waals surface area contributed by atoms with Crippen molar-refractivity contribution in [1.82, 2.24) is 15.4 Å². The number of non-ortho nitro benzene ring substituents is 1. The van der Waals surface area contributed by atoms with Gasteiger partial charge in [0.2, 0.25) is 17.5 Å². The van der Waals surface area contributed by atoms with Gasteiger partial charge in [-0.1, -0.05) is 30.3 Å². The van der Waals surface area contributed by atoms with Gasteiger partial charge >= 0.3 is 5.69 Å². The number of nitro benzene ring substituents is 1. The molecule has 158 valence electrons. The van der Waals surface area contributed by atoms with Crippen LogP contribution in [0.2, 0.25) is 0 Å². The van der Waals surface area contributed by atoms with E-state index in [1.807, 2.05) is 19.1 Å². The van der Waals surface area contributed by atoms with Crippen molar-refractivity contribution in [2.45, 2.75) is 13.3 Å². The van der Waals surface area contributed by atoms with Crippen LogP contribution in [-0.2, 0) is 11.2 Å². The average molecular weight is 423 g/mol. The number of hydrazine groups is 1. The molecule has 0 fully saturated rings. The molecule has 0 aliphatic heterocycles. The molecule has 0 radical (unpaired) electrons. The minimum absolute atomic E-state index is 0.0404. The lowest BCUT2D eigenvalue weighted by Crippen LogP contribution is -2.31. The number of nitrogens with zero attached hydrogens (tertiary/aromatic N) is 4. The molecule has 1 amide bonds. The lowest BCUT2D eigenvalue weighted by Gasteiger charge is -2.12. The monoisotopic (exact) mass is 423 g/mol. The maximum atomic E-state index is 12.2. The molecule has 12 nitrogen and oxygen atoms in total. The summed E-state index contributed by atoms with van der Waals surface area (Å²) in [7, 11) is 0. The summed E-state index contributed by atoms with van der Waals surface area (Å²) in [5.41, 5.74) is 6.28. The van der Waals surface area contributed by atoms with Gasteiger partial charge in [0.25, 0.3) is 5.69 Å². The number of anilines is 3. The van der Waals surface area contributed by atoms with Crippen molar-refractivity contribution in [1.29, 1.82) is 0 Å². The second-order valence-corrected chi connectivity index (χ2v) is 6.39. The highest BCUT2D eigenvalue weighted by atomic mass is 16.6. The Balaban J connectivity index is 1.72. The average Bonchev–Trinajstić information content (AvgIpc) is 2.74. The number of nitro groups is 2. The predicted molar refractivity (Wildman–Crippen MR) is 112 cm³/mol. The van der Waals surface area contributed by atoms with E-state index in [0.29, 0.717) is 11.3 Å². The van der Waals surface area contributed by atoms with Crippen molar-refractivity contribution >= 4 is 34.6 Å². The molecule has 1 heterocycles. The topological polar surface area (TPSA) is 165 Å². The Morgan fingerprint density at radius 2 is 1.65 bits per heavy atom. The Morgan fingerprint density at radius 1 is 0.968 bits per heavy atom. The largest absolute Gasteiger partial charge is 0.355 e. The van der Waals surface area contributed by atoms with E-state index in [2.05, 4.69) is 26.1 Å². The molecule has 0 aliphatic carbocycles. The standard InChI is InChI=1S/C19H17N7O5/c1-12-4-2-3-5-15(12)22-18-17(26(30)31)19(21-11-20-18)24-23-16(27)10-13-6-8-14(9-7-13)25(28)29/h2-9,11H,10H2,1H3,(H,23,27)(H2,20,21,22,24). The molecule has 0 unspecified atom stereocenters. The molecule has 0 atom stereocenters. The predicted octanol–water partition coefficient (Wildman–Crippen LogP) is 3.03. The molecule has 3 rings (SSSR count). The van der Waals surface area contributed by atoms with Gasteiger partial charge in [-0.25, -0.2) is 9.97 Å². The summed E-state index contributed by atoms with van der Waals surface area (Å²) >= 11 is 0. The highest BCUT2D eigenvalue weighted by molar-refractivity contribution is 5.81. The number of hydrogen-bond donors (Lipinski definition) is 3. The fourth-order valence-corrected chi connectivity index (χ4v) is 2.67. The van der Waals surface area contributed by atoms with Crippen molar-refractivity contribution < 1.29 is 14.6 Å². The van der Waals surface area contributed by atoms with Gasteiger partial charge in [-0.05, 0) is 24.1 Å². The number of aromatic nitrogens is 2. The van der Waals surface area contributed by atoms with E-state index < -0.39 is 21.4 Å². The Hall–Kier alpha value is -4.61. The van der Waals surface area contributed by atoms with Gasteiger partial charge in [0, 0.05) is 17.8 Å². The van der Waals surface area contributed by atoms with E-state index in [-0.39, 0.29) is 23.7 Å². The van der Waals surface area contributed by atoms with E-state index in [9.17, 15) is 25.0 Å². The highest BCUT2D eigenvalue weighted by Crippen LogP contribution is 2.31. The van der Waals surface area contributed by atoms with Crippen LogP contribution in [0.5, 0.6) is 0 Å². The van der Waals surface area contributed by atoms with Gasteiger partial charge in [0.05, 0.1) is 16.3 Å². The molecule has 12 heteroatoms. The molecule has 2 aromatic carbocycles. The molecule has 0 aliphatic rings. The molecule has 0 bridgehead atoms. The van der Waals surface area contributed by atoms with Gasteiger partial charge in [0.15, 0.2) is 0 Å². The van der Waals surface area contributed by atoms with E-state index >= 15 is 0 Å². The third-order valence-electron chi connectivity index (χ3n) is 4.24. The summed E-state index contributed by atoms with van der Waals surface area (Å²) in [6.07, 6.45) is 1.02. The highest BCUT2D eigenvalue weighted by Gasteiger charge is 2.24. The van der Waals surface area contributed by atoms with Crippen LogP contribution in [0.3, 0.4) is 0 Å². The van der Waals surface area contributed by atoms with Crippen LogP contribution in [0.4, 0.5) is 28.7 Å². The quantitative estimate of drug-likeness (QED) is 0.364. The molecule has 31 heavy (non-hydrogen) atoms. The molecule has 3 N–H and O–H groups in total. The van der Waals surface area contributed by atoms with Crippen LogP contribution >= 0.6 is 0 Å². The normalized spacial score (nSPS) is 10.2. The summed E-state index contributed by atoms with van der Waals surface area (Å²) < 4.78 is 0. The number of carbonyl (C=O) groups is 1. The number of para-hydroxylation sites is 1. The van der Waals surface area contributed by atoms with Gasteiger partial charge in [0.1, 0.15) is 6.33 Å². The Labute approximate surface area is 175 Å².